The quantitative estimate of drug-likeness (QED) is 0.729. The molecule has 0 aromatic heterocycles. The van der Waals surface area contributed by atoms with Gasteiger partial charge < -0.3 is 15.8 Å². The zero-order valence-electron chi connectivity index (χ0n) is 12.5. The van der Waals surface area contributed by atoms with Crippen LogP contribution in [0.3, 0.4) is 0 Å². The molecule has 6 nitrogen and oxygen atoms in total. The van der Waals surface area contributed by atoms with E-state index in [9.17, 15) is 8.42 Å². The van der Waals surface area contributed by atoms with Crippen LogP contribution in [0.1, 0.15) is 25.3 Å². The van der Waals surface area contributed by atoms with E-state index < -0.39 is 10.0 Å². The summed E-state index contributed by atoms with van der Waals surface area (Å²) >= 11 is 0. The summed E-state index contributed by atoms with van der Waals surface area (Å²) in [7, 11) is -3.78. The fourth-order valence-electron chi connectivity index (χ4n) is 2.54. The van der Waals surface area contributed by atoms with Crippen molar-refractivity contribution in [3.05, 3.63) is 17.7 Å². The highest BCUT2D eigenvalue weighted by Gasteiger charge is 2.27. The fourth-order valence-corrected chi connectivity index (χ4v) is 3.37. The van der Waals surface area contributed by atoms with Crippen molar-refractivity contribution in [1.29, 1.82) is 0 Å². The van der Waals surface area contributed by atoms with Gasteiger partial charge in [0.2, 0.25) is 10.0 Å². The number of sulfonamides is 1. The lowest BCUT2D eigenvalue weighted by atomic mass is 9.82. The van der Waals surface area contributed by atoms with Crippen molar-refractivity contribution in [2.24, 2.45) is 10.6 Å². The molecule has 118 valence electrons. The Morgan fingerprint density at radius 3 is 2.52 bits per heavy atom. The summed E-state index contributed by atoms with van der Waals surface area (Å²) in [4.78, 5) is 0.0714. The molecule has 1 aromatic rings. The molecule has 0 unspecified atom stereocenters. The minimum absolute atomic E-state index is 0.0714. The van der Waals surface area contributed by atoms with Crippen molar-refractivity contribution in [1.82, 2.24) is 0 Å². The van der Waals surface area contributed by atoms with Gasteiger partial charge in [-0.25, -0.2) is 13.6 Å². The van der Waals surface area contributed by atoms with Crippen molar-refractivity contribution < 1.29 is 13.2 Å². The molecule has 0 atom stereocenters. The molecule has 2 rings (SSSR count). The van der Waals surface area contributed by atoms with Gasteiger partial charge in [0.25, 0.3) is 0 Å². The summed E-state index contributed by atoms with van der Waals surface area (Å²) in [6.07, 6.45) is 1.95. The highest BCUT2D eigenvalue weighted by molar-refractivity contribution is 7.89. The Bertz CT molecular complexity index is 623. The number of nitrogens with one attached hydrogen (secondary N) is 1. The van der Waals surface area contributed by atoms with E-state index in [4.69, 9.17) is 15.6 Å². The summed E-state index contributed by atoms with van der Waals surface area (Å²) in [5.74, 6) is 0. The molecule has 21 heavy (non-hydrogen) atoms. The van der Waals surface area contributed by atoms with Crippen molar-refractivity contribution in [2.45, 2.75) is 31.6 Å². The highest BCUT2D eigenvalue weighted by atomic mass is 32.2. The van der Waals surface area contributed by atoms with E-state index in [0.717, 1.165) is 32.6 Å². The lowest BCUT2D eigenvalue weighted by Crippen LogP contribution is -2.33. The summed E-state index contributed by atoms with van der Waals surface area (Å²) in [6, 6.07) is 3.14. The molecule has 0 bridgehead atoms. The van der Waals surface area contributed by atoms with Crippen LogP contribution < -0.4 is 16.2 Å². The van der Waals surface area contributed by atoms with E-state index in [1.54, 1.807) is 13.0 Å². The zero-order chi connectivity index (χ0) is 15.7. The molecule has 0 aliphatic carbocycles. The summed E-state index contributed by atoms with van der Waals surface area (Å²) in [6.45, 7) is 6.19. The van der Waals surface area contributed by atoms with Gasteiger partial charge in [-0.3, -0.25) is 0 Å². The first kappa shape index (κ1) is 16.1. The average Bonchev–Trinajstić information content (AvgIpc) is 2.39. The van der Waals surface area contributed by atoms with E-state index in [2.05, 4.69) is 12.2 Å². The Morgan fingerprint density at radius 2 is 1.95 bits per heavy atom. The number of primary sulfonamides is 1. The van der Waals surface area contributed by atoms with Gasteiger partial charge in [-0.1, -0.05) is 6.92 Å². The number of hydrogen-bond donors (Lipinski definition) is 3. The predicted molar refractivity (Wildman–Crippen MR) is 83.6 cm³/mol. The number of anilines is 2. The average molecular weight is 313 g/mol. The Hall–Kier alpha value is -1.31. The van der Waals surface area contributed by atoms with Crippen molar-refractivity contribution in [3.8, 4) is 0 Å². The second kappa shape index (κ2) is 5.82. The Kier molecular flexibility index (Phi) is 4.46. The lowest BCUT2D eigenvalue weighted by molar-refractivity contribution is 0.0300. The summed E-state index contributed by atoms with van der Waals surface area (Å²) < 4.78 is 28.6. The Morgan fingerprint density at radius 1 is 1.33 bits per heavy atom. The van der Waals surface area contributed by atoms with Gasteiger partial charge in [-0.2, -0.15) is 0 Å². The SMILES string of the molecule is Cc1c(NCC2(C)CCOCC2)cc(N)cc1S(N)(=O)=O. The molecule has 1 heterocycles. The standard InChI is InChI=1S/C14H23N3O3S/c1-10-12(7-11(15)8-13(10)21(16,18)19)17-9-14(2)3-5-20-6-4-14/h7-8,17H,3-6,9,15H2,1-2H3,(H2,16,18,19). The number of rotatable bonds is 4. The number of benzene rings is 1. The number of hydrogen-bond acceptors (Lipinski definition) is 5. The van der Waals surface area contributed by atoms with Crippen molar-refractivity contribution in [2.75, 3.05) is 30.8 Å². The predicted octanol–water partition coefficient (Wildman–Crippen LogP) is 1.45. The first-order valence-corrected chi connectivity index (χ1v) is 8.50. The molecule has 1 aliphatic rings. The molecule has 0 radical (unpaired) electrons. The molecule has 1 saturated heterocycles. The van der Waals surface area contributed by atoms with Crippen LogP contribution in [0.4, 0.5) is 11.4 Å². The van der Waals surface area contributed by atoms with Crippen LogP contribution in [-0.4, -0.2) is 28.2 Å². The van der Waals surface area contributed by atoms with Gasteiger partial charge in [-0.15, -0.1) is 0 Å². The van der Waals surface area contributed by atoms with Crippen LogP contribution in [0.15, 0.2) is 17.0 Å². The van der Waals surface area contributed by atoms with Crippen LogP contribution >= 0.6 is 0 Å². The topological polar surface area (TPSA) is 107 Å². The minimum Gasteiger partial charge on any atom is -0.399 e. The maximum atomic E-state index is 11.6. The molecule has 1 aliphatic heterocycles. The first-order valence-electron chi connectivity index (χ1n) is 6.96. The third-order valence-electron chi connectivity index (χ3n) is 4.09. The molecule has 1 fully saturated rings. The van der Waals surface area contributed by atoms with Crippen LogP contribution in [0, 0.1) is 12.3 Å². The minimum atomic E-state index is -3.78. The number of nitrogen functional groups attached to an aromatic ring is 1. The molecule has 0 amide bonds. The smallest absolute Gasteiger partial charge is 0.238 e. The van der Waals surface area contributed by atoms with Gasteiger partial charge in [-0.05, 0) is 42.9 Å². The van der Waals surface area contributed by atoms with Crippen molar-refractivity contribution in [3.63, 3.8) is 0 Å². The third kappa shape index (κ3) is 3.87. The maximum Gasteiger partial charge on any atom is 0.238 e. The normalized spacial score (nSPS) is 18.4. The van der Waals surface area contributed by atoms with Crippen LogP contribution in [-0.2, 0) is 14.8 Å². The van der Waals surface area contributed by atoms with Crippen LogP contribution in [0.25, 0.3) is 0 Å². The van der Waals surface area contributed by atoms with Crippen molar-refractivity contribution >= 4 is 21.4 Å². The first-order chi connectivity index (χ1) is 9.71. The van der Waals surface area contributed by atoms with Gasteiger partial charge in [0.15, 0.2) is 0 Å². The maximum absolute atomic E-state index is 11.6. The molecule has 5 N–H and O–H groups in total. The molecule has 0 spiro atoms. The van der Waals surface area contributed by atoms with Gasteiger partial charge in [0.1, 0.15) is 0 Å². The summed E-state index contributed by atoms with van der Waals surface area (Å²) in [5, 5.41) is 8.55. The summed E-state index contributed by atoms with van der Waals surface area (Å²) in [5.41, 5.74) is 7.62. The molecule has 7 heteroatoms. The Labute approximate surface area is 125 Å². The third-order valence-corrected chi connectivity index (χ3v) is 5.13. The highest BCUT2D eigenvalue weighted by Crippen LogP contribution is 2.32. The number of nitrogens with two attached hydrogens (primary N) is 2. The zero-order valence-corrected chi connectivity index (χ0v) is 13.3. The van der Waals surface area contributed by atoms with E-state index in [1.807, 2.05) is 0 Å². The van der Waals surface area contributed by atoms with Crippen LogP contribution in [0.2, 0.25) is 0 Å². The molecule has 1 aromatic carbocycles. The van der Waals surface area contributed by atoms with Gasteiger partial charge in [0.05, 0.1) is 4.90 Å². The second-order valence-corrected chi connectivity index (χ2v) is 7.54. The second-order valence-electron chi connectivity index (χ2n) is 6.01. The van der Waals surface area contributed by atoms with E-state index >= 15 is 0 Å². The van der Waals surface area contributed by atoms with E-state index in [-0.39, 0.29) is 10.3 Å². The van der Waals surface area contributed by atoms with Gasteiger partial charge >= 0.3 is 0 Å². The monoisotopic (exact) mass is 313 g/mol. The number of ether oxygens (including phenoxy) is 1. The largest absolute Gasteiger partial charge is 0.399 e. The van der Waals surface area contributed by atoms with Gasteiger partial charge in [0, 0.05) is 31.1 Å². The molecular weight excluding hydrogens is 290 g/mol. The lowest BCUT2D eigenvalue weighted by Gasteiger charge is -2.34. The Balaban J connectivity index is 2.22. The van der Waals surface area contributed by atoms with E-state index in [1.165, 1.54) is 6.07 Å². The van der Waals surface area contributed by atoms with E-state index in [0.29, 0.717) is 16.9 Å². The molecule has 0 saturated carbocycles. The molecular formula is C14H23N3O3S. The van der Waals surface area contributed by atoms with Crippen LogP contribution in [0.5, 0.6) is 0 Å². The fraction of sp³-hybridized carbons (Fsp3) is 0.571.